The molecular weight excluding hydrogens is 194 g/mol. The lowest BCUT2D eigenvalue weighted by atomic mass is 9.90. The molecule has 0 spiro atoms. The number of aromatic nitrogens is 3. The molecule has 0 amide bonds. The molecule has 0 bridgehead atoms. The Kier molecular flexibility index (Phi) is 1.81. The van der Waals surface area contributed by atoms with Gasteiger partial charge in [-0.3, -0.25) is 4.79 Å². The molecule has 1 saturated carbocycles. The third kappa shape index (κ3) is 1.33. The highest BCUT2D eigenvalue weighted by atomic mass is 16.4. The number of fused-ring (bicyclic) bond motifs is 1. The van der Waals surface area contributed by atoms with Gasteiger partial charge in [-0.05, 0) is 32.1 Å². The van der Waals surface area contributed by atoms with Gasteiger partial charge < -0.3 is 5.11 Å². The van der Waals surface area contributed by atoms with Crippen LogP contribution in [-0.2, 0) is 11.2 Å². The number of carboxylic acids is 1. The fourth-order valence-corrected chi connectivity index (χ4v) is 2.30. The molecule has 0 aliphatic heterocycles. The van der Waals surface area contributed by atoms with E-state index < -0.39 is 11.9 Å². The third-order valence-electron chi connectivity index (χ3n) is 3.25. The molecule has 0 saturated heterocycles. The molecule has 5 nitrogen and oxygen atoms in total. The van der Waals surface area contributed by atoms with Crippen molar-refractivity contribution >= 4 is 5.97 Å². The van der Waals surface area contributed by atoms with Crippen LogP contribution >= 0.6 is 0 Å². The SMILES string of the molecule is O=C(O)C1CCCc2c1nnn2C1CC1. The summed E-state index contributed by atoms with van der Waals surface area (Å²) in [4.78, 5) is 11.0. The van der Waals surface area contributed by atoms with Crippen LogP contribution in [0.2, 0.25) is 0 Å². The van der Waals surface area contributed by atoms with Crippen LogP contribution in [0.4, 0.5) is 0 Å². The van der Waals surface area contributed by atoms with Gasteiger partial charge in [0, 0.05) is 0 Å². The van der Waals surface area contributed by atoms with E-state index >= 15 is 0 Å². The average molecular weight is 207 g/mol. The molecule has 1 aromatic rings. The first kappa shape index (κ1) is 8.88. The van der Waals surface area contributed by atoms with Gasteiger partial charge in [0.1, 0.15) is 11.6 Å². The molecule has 1 fully saturated rings. The molecule has 80 valence electrons. The molecule has 2 aliphatic rings. The van der Waals surface area contributed by atoms with Crippen molar-refractivity contribution in [3.63, 3.8) is 0 Å². The second-order valence-electron chi connectivity index (χ2n) is 4.38. The van der Waals surface area contributed by atoms with E-state index in [0.29, 0.717) is 18.2 Å². The van der Waals surface area contributed by atoms with Gasteiger partial charge in [-0.1, -0.05) is 5.21 Å². The first-order valence-electron chi connectivity index (χ1n) is 5.44. The van der Waals surface area contributed by atoms with Crippen molar-refractivity contribution in [2.24, 2.45) is 0 Å². The molecule has 1 N–H and O–H groups in total. The quantitative estimate of drug-likeness (QED) is 0.789. The lowest BCUT2D eigenvalue weighted by Gasteiger charge is -2.17. The monoisotopic (exact) mass is 207 g/mol. The van der Waals surface area contributed by atoms with E-state index in [-0.39, 0.29) is 0 Å². The summed E-state index contributed by atoms with van der Waals surface area (Å²) in [5.41, 5.74) is 1.77. The largest absolute Gasteiger partial charge is 0.481 e. The Labute approximate surface area is 87.1 Å². The van der Waals surface area contributed by atoms with Gasteiger partial charge in [-0.25, -0.2) is 4.68 Å². The average Bonchev–Trinajstić information content (AvgIpc) is 2.97. The maximum absolute atomic E-state index is 11.0. The number of carboxylic acid groups (broad SMARTS) is 1. The maximum atomic E-state index is 11.0. The van der Waals surface area contributed by atoms with E-state index in [1.807, 2.05) is 4.68 Å². The summed E-state index contributed by atoms with van der Waals surface area (Å²) in [5.74, 6) is -1.19. The molecule has 0 radical (unpaired) electrons. The zero-order valence-electron chi connectivity index (χ0n) is 8.39. The summed E-state index contributed by atoms with van der Waals surface area (Å²) in [6.45, 7) is 0. The van der Waals surface area contributed by atoms with Crippen molar-refractivity contribution in [2.45, 2.75) is 44.1 Å². The molecule has 1 heterocycles. The van der Waals surface area contributed by atoms with Gasteiger partial charge in [-0.15, -0.1) is 5.10 Å². The number of nitrogens with zero attached hydrogens (tertiary/aromatic N) is 3. The van der Waals surface area contributed by atoms with Crippen molar-refractivity contribution in [1.82, 2.24) is 15.0 Å². The van der Waals surface area contributed by atoms with Crippen molar-refractivity contribution in [2.75, 3.05) is 0 Å². The molecule has 15 heavy (non-hydrogen) atoms. The zero-order valence-corrected chi connectivity index (χ0v) is 8.39. The molecular formula is C10H13N3O2. The lowest BCUT2D eigenvalue weighted by molar-refractivity contribution is -0.139. The highest BCUT2D eigenvalue weighted by molar-refractivity contribution is 5.76. The van der Waals surface area contributed by atoms with Crippen LogP contribution in [0.25, 0.3) is 0 Å². The Balaban J connectivity index is 2.01. The minimum atomic E-state index is -0.765. The summed E-state index contributed by atoms with van der Waals surface area (Å²) in [5, 5.41) is 17.2. The number of hydrogen-bond donors (Lipinski definition) is 1. The van der Waals surface area contributed by atoms with Gasteiger partial charge in [0.05, 0.1) is 11.7 Å². The standard InChI is InChI=1S/C10H13N3O2/c14-10(15)7-2-1-3-8-9(7)11-12-13(8)6-4-5-6/h6-7H,1-5H2,(H,14,15). The maximum Gasteiger partial charge on any atom is 0.312 e. The predicted molar refractivity (Wildman–Crippen MR) is 51.6 cm³/mol. The molecule has 1 atom stereocenters. The minimum absolute atomic E-state index is 0.429. The fourth-order valence-electron chi connectivity index (χ4n) is 2.30. The second kappa shape index (κ2) is 3.05. The first-order valence-corrected chi connectivity index (χ1v) is 5.44. The second-order valence-corrected chi connectivity index (χ2v) is 4.38. The summed E-state index contributed by atoms with van der Waals surface area (Å²) < 4.78 is 1.95. The van der Waals surface area contributed by atoms with E-state index in [2.05, 4.69) is 10.3 Å². The van der Waals surface area contributed by atoms with Crippen molar-refractivity contribution < 1.29 is 9.90 Å². The Hall–Kier alpha value is -1.39. The third-order valence-corrected chi connectivity index (χ3v) is 3.25. The van der Waals surface area contributed by atoms with Crippen molar-refractivity contribution in [3.8, 4) is 0 Å². The molecule has 2 aliphatic carbocycles. The van der Waals surface area contributed by atoms with Crippen LogP contribution in [0.15, 0.2) is 0 Å². The van der Waals surface area contributed by atoms with Crippen LogP contribution in [0.1, 0.15) is 49.0 Å². The van der Waals surface area contributed by atoms with Crippen LogP contribution < -0.4 is 0 Å². The number of rotatable bonds is 2. The van der Waals surface area contributed by atoms with E-state index in [0.717, 1.165) is 31.4 Å². The van der Waals surface area contributed by atoms with Crippen LogP contribution in [0.3, 0.4) is 0 Å². The zero-order chi connectivity index (χ0) is 10.4. The predicted octanol–water partition coefficient (Wildman–Crippen LogP) is 1.12. The molecule has 5 heteroatoms. The highest BCUT2D eigenvalue weighted by Gasteiger charge is 2.35. The Morgan fingerprint density at radius 3 is 2.87 bits per heavy atom. The Bertz CT molecular complexity index is 409. The molecule has 0 aromatic carbocycles. The van der Waals surface area contributed by atoms with Gasteiger partial charge >= 0.3 is 5.97 Å². The Morgan fingerprint density at radius 1 is 1.40 bits per heavy atom. The van der Waals surface area contributed by atoms with Crippen molar-refractivity contribution in [1.29, 1.82) is 0 Å². The molecule has 3 rings (SSSR count). The van der Waals surface area contributed by atoms with Crippen LogP contribution in [-0.4, -0.2) is 26.1 Å². The topological polar surface area (TPSA) is 68.0 Å². The smallest absolute Gasteiger partial charge is 0.312 e. The number of aliphatic carboxylic acids is 1. The van der Waals surface area contributed by atoms with E-state index in [1.165, 1.54) is 0 Å². The highest BCUT2D eigenvalue weighted by Crippen LogP contribution is 2.39. The summed E-state index contributed by atoms with van der Waals surface area (Å²) in [6, 6.07) is 0.494. The number of hydrogen-bond acceptors (Lipinski definition) is 3. The van der Waals surface area contributed by atoms with Crippen LogP contribution in [0.5, 0.6) is 0 Å². The lowest BCUT2D eigenvalue weighted by Crippen LogP contribution is -2.19. The van der Waals surface area contributed by atoms with Crippen LogP contribution in [0, 0.1) is 0 Å². The van der Waals surface area contributed by atoms with Crippen molar-refractivity contribution in [3.05, 3.63) is 11.4 Å². The summed E-state index contributed by atoms with van der Waals surface area (Å²) in [6.07, 6.45) is 4.89. The Morgan fingerprint density at radius 2 is 2.20 bits per heavy atom. The summed E-state index contributed by atoms with van der Waals surface area (Å²) in [7, 11) is 0. The molecule has 1 aromatic heterocycles. The van der Waals surface area contributed by atoms with E-state index in [1.54, 1.807) is 0 Å². The fraction of sp³-hybridized carbons (Fsp3) is 0.700. The minimum Gasteiger partial charge on any atom is -0.481 e. The van der Waals surface area contributed by atoms with E-state index in [9.17, 15) is 4.79 Å². The van der Waals surface area contributed by atoms with Gasteiger partial charge in [-0.2, -0.15) is 0 Å². The van der Waals surface area contributed by atoms with Gasteiger partial charge in [0.25, 0.3) is 0 Å². The summed E-state index contributed by atoms with van der Waals surface area (Å²) >= 11 is 0. The van der Waals surface area contributed by atoms with Gasteiger partial charge in [0.15, 0.2) is 0 Å². The molecule has 1 unspecified atom stereocenters. The normalized spacial score (nSPS) is 24.9. The van der Waals surface area contributed by atoms with E-state index in [4.69, 9.17) is 5.11 Å². The van der Waals surface area contributed by atoms with Gasteiger partial charge in [0.2, 0.25) is 0 Å². The number of carbonyl (C=O) groups is 1. The first-order chi connectivity index (χ1) is 7.27.